The lowest BCUT2D eigenvalue weighted by atomic mass is 9.93. The van der Waals surface area contributed by atoms with Gasteiger partial charge in [-0.05, 0) is 49.8 Å². The molecule has 1 aromatic carbocycles. The van der Waals surface area contributed by atoms with Crippen LogP contribution in [0.15, 0.2) is 24.3 Å². The molecule has 0 spiro atoms. The Morgan fingerprint density at radius 2 is 2.04 bits per heavy atom. The summed E-state index contributed by atoms with van der Waals surface area (Å²) in [6.07, 6.45) is 4.50. The van der Waals surface area contributed by atoms with E-state index in [0.29, 0.717) is 42.7 Å². The van der Waals surface area contributed by atoms with Gasteiger partial charge in [-0.2, -0.15) is 0 Å². The molecule has 0 bridgehead atoms. The van der Waals surface area contributed by atoms with Crippen LogP contribution in [0.5, 0.6) is 0 Å². The summed E-state index contributed by atoms with van der Waals surface area (Å²) in [6, 6.07) is 7.00. The van der Waals surface area contributed by atoms with Gasteiger partial charge >= 0.3 is 6.03 Å². The summed E-state index contributed by atoms with van der Waals surface area (Å²) >= 11 is 5.94. The van der Waals surface area contributed by atoms with Crippen molar-refractivity contribution in [1.82, 2.24) is 10.2 Å². The summed E-state index contributed by atoms with van der Waals surface area (Å²) in [7, 11) is 0. The highest BCUT2D eigenvalue weighted by molar-refractivity contribution is 6.30. The Balaban J connectivity index is 1.36. The number of hydrogen-bond acceptors (Lipinski definition) is 3. The number of nitrogens with zero attached hydrogens (tertiary/aromatic N) is 1. The van der Waals surface area contributed by atoms with Crippen molar-refractivity contribution in [2.45, 2.75) is 38.2 Å². The molecule has 7 heteroatoms. The first-order chi connectivity index (χ1) is 12.6. The lowest BCUT2D eigenvalue weighted by Crippen LogP contribution is -2.42. The molecule has 2 heterocycles. The average molecular weight is 380 g/mol. The average Bonchev–Trinajstić information content (AvgIpc) is 3.14. The van der Waals surface area contributed by atoms with Gasteiger partial charge in [0.05, 0.1) is 6.10 Å². The van der Waals surface area contributed by atoms with Crippen molar-refractivity contribution in [2.24, 2.45) is 5.92 Å². The number of carbonyl (C=O) groups is 2. The molecule has 1 aromatic rings. The minimum atomic E-state index is -0.117. The number of likely N-dealkylation sites (tertiary alicyclic amines) is 1. The molecule has 142 valence electrons. The maximum absolute atomic E-state index is 12.3. The summed E-state index contributed by atoms with van der Waals surface area (Å²) in [4.78, 5) is 26.2. The molecule has 0 unspecified atom stereocenters. The molecule has 3 amide bonds. The summed E-state index contributed by atoms with van der Waals surface area (Å²) in [5.41, 5.74) is 0.693. The van der Waals surface area contributed by atoms with Crippen molar-refractivity contribution in [1.29, 1.82) is 0 Å². The molecule has 2 fully saturated rings. The number of hydrogen-bond donors (Lipinski definition) is 2. The fourth-order valence-corrected chi connectivity index (χ4v) is 3.67. The zero-order valence-corrected chi connectivity index (χ0v) is 15.6. The normalized spacial score (nSPS) is 20.8. The van der Waals surface area contributed by atoms with Gasteiger partial charge in [0.2, 0.25) is 5.91 Å². The van der Waals surface area contributed by atoms with E-state index in [4.69, 9.17) is 16.3 Å². The van der Waals surface area contributed by atoms with Crippen molar-refractivity contribution in [2.75, 3.05) is 31.6 Å². The standard InChI is InChI=1S/C19H26ClN3O3/c20-15-3-1-4-16(12-15)22-19(25)23-8-6-14(7-9-23)11-18(24)21-13-17-5-2-10-26-17/h1,3-4,12,14,17H,2,5-11,13H2,(H,21,24)(H,22,25)/t17-/m0/s1. The van der Waals surface area contributed by atoms with Crippen molar-refractivity contribution < 1.29 is 14.3 Å². The van der Waals surface area contributed by atoms with E-state index in [1.165, 1.54) is 0 Å². The van der Waals surface area contributed by atoms with Crippen LogP contribution >= 0.6 is 11.6 Å². The van der Waals surface area contributed by atoms with Crippen LogP contribution in [0.1, 0.15) is 32.1 Å². The Morgan fingerprint density at radius 3 is 2.73 bits per heavy atom. The van der Waals surface area contributed by atoms with Gasteiger partial charge in [0.25, 0.3) is 0 Å². The van der Waals surface area contributed by atoms with Gasteiger partial charge in [-0.15, -0.1) is 0 Å². The SMILES string of the molecule is O=C(CC1CCN(C(=O)Nc2cccc(Cl)c2)CC1)NC[C@@H]1CCCO1. The summed E-state index contributed by atoms with van der Waals surface area (Å²) in [5, 5.41) is 6.44. The van der Waals surface area contributed by atoms with Gasteiger partial charge in [0.15, 0.2) is 0 Å². The molecule has 2 aliphatic rings. The van der Waals surface area contributed by atoms with Crippen LogP contribution in [0.3, 0.4) is 0 Å². The molecule has 26 heavy (non-hydrogen) atoms. The van der Waals surface area contributed by atoms with Crippen molar-refractivity contribution in [3.63, 3.8) is 0 Å². The topological polar surface area (TPSA) is 70.7 Å². The summed E-state index contributed by atoms with van der Waals surface area (Å²) < 4.78 is 5.52. The minimum absolute atomic E-state index is 0.0855. The molecular weight excluding hydrogens is 354 g/mol. The quantitative estimate of drug-likeness (QED) is 0.824. The second kappa shape index (κ2) is 9.24. The lowest BCUT2D eigenvalue weighted by Gasteiger charge is -2.31. The third-order valence-electron chi connectivity index (χ3n) is 5.00. The monoisotopic (exact) mass is 379 g/mol. The van der Waals surface area contributed by atoms with E-state index in [2.05, 4.69) is 10.6 Å². The van der Waals surface area contributed by atoms with Gasteiger partial charge in [0.1, 0.15) is 0 Å². The molecule has 1 atom stereocenters. The van der Waals surface area contributed by atoms with Crippen LogP contribution in [-0.2, 0) is 9.53 Å². The second-order valence-corrected chi connectivity index (χ2v) is 7.45. The number of rotatable bonds is 5. The highest BCUT2D eigenvalue weighted by Gasteiger charge is 2.25. The fraction of sp³-hybridized carbons (Fsp3) is 0.579. The number of halogens is 1. The van der Waals surface area contributed by atoms with Crippen molar-refractivity contribution in [3.8, 4) is 0 Å². The highest BCUT2D eigenvalue weighted by Crippen LogP contribution is 2.22. The van der Waals surface area contributed by atoms with Gasteiger partial charge in [0, 0.05) is 43.4 Å². The minimum Gasteiger partial charge on any atom is -0.376 e. The molecule has 6 nitrogen and oxygen atoms in total. The number of piperidine rings is 1. The number of amides is 3. The molecule has 2 saturated heterocycles. The third kappa shape index (κ3) is 5.61. The summed E-state index contributed by atoms with van der Waals surface area (Å²) in [5.74, 6) is 0.414. The first-order valence-corrected chi connectivity index (χ1v) is 9.68. The first kappa shape index (κ1) is 19.0. The molecule has 2 N–H and O–H groups in total. The first-order valence-electron chi connectivity index (χ1n) is 9.30. The van der Waals surface area contributed by atoms with E-state index in [1.54, 1.807) is 23.1 Å². The Kier molecular flexibility index (Phi) is 6.74. The third-order valence-corrected chi connectivity index (χ3v) is 5.24. The number of urea groups is 1. The molecule has 2 aliphatic heterocycles. The van der Waals surface area contributed by atoms with E-state index < -0.39 is 0 Å². The number of anilines is 1. The van der Waals surface area contributed by atoms with Crippen LogP contribution in [0.2, 0.25) is 5.02 Å². The van der Waals surface area contributed by atoms with Crippen LogP contribution in [0.4, 0.5) is 10.5 Å². The maximum Gasteiger partial charge on any atom is 0.321 e. The van der Waals surface area contributed by atoms with E-state index in [1.807, 2.05) is 6.07 Å². The number of ether oxygens (including phenoxy) is 1. The Morgan fingerprint density at radius 1 is 1.23 bits per heavy atom. The molecule has 0 aromatic heterocycles. The van der Waals surface area contributed by atoms with Crippen LogP contribution in [-0.4, -0.2) is 49.2 Å². The van der Waals surface area contributed by atoms with E-state index in [0.717, 1.165) is 32.3 Å². The van der Waals surface area contributed by atoms with Crippen LogP contribution in [0, 0.1) is 5.92 Å². The lowest BCUT2D eigenvalue weighted by molar-refractivity contribution is -0.122. The number of nitrogens with one attached hydrogen (secondary N) is 2. The maximum atomic E-state index is 12.3. The van der Waals surface area contributed by atoms with Gasteiger partial charge < -0.3 is 20.3 Å². The van der Waals surface area contributed by atoms with E-state index in [9.17, 15) is 9.59 Å². The Labute approximate surface area is 159 Å². The predicted molar refractivity (Wildman–Crippen MR) is 101 cm³/mol. The number of benzene rings is 1. The predicted octanol–water partition coefficient (Wildman–Crippen LogP) is 3.27. The van der Waals surface area contributed by atoms with Crippen LogP contribution in [0.25, 0.3) is 0 Å². The van der Waals surface area contributed by atoms with E-state index >= 15 is 0 Å². The highest BCUT2D eigenvalue weighted by atomic mass is 35.5. The zero-order valence-electron chi connectivity index (χ0n) is 14.9. The van der Waals surface area contributed by atoms with Crippen molar-refractivity contribution in [3.05, 3.63) is 29.3 Å². The zero-order chi connectivity index (χ0) is 18.4. The van der Waals surface area contributed by atoms with Gasteiger partial charge in [-0.1, -0.05) is 17.7 Å². The second-order valence-electron chi connectivity index (χ2n) is 7.01. The molecule has 0 saturated carbocycles. The van der Waals surface area contributed by atoms with Crippen molar-refractivity contribution >= 4 is 29.2 Å². The van der Waals surface area contributed by atoms with Gasteiger partial charge in [-0.3, -0.25) is 4.79 Å². The van der Waals surface area contributed by atoms with Gasteiger partial charge in [-0.25, -0.2) is 4.79 Å². The van der Waals surface area contributed by atoms with E-state index in [-0.39, 0.29) is 18.0 Å². The Hall–Kier alpha value is -1.79. The molecule has 0 aliphatic carbocycles. The molecular formula is C19H26ClN3O3. The summed E-state index contributed by atoms with van der Waals surface area (Å²) in [6.45, 7) is 2.74. The molecule has 3 rings (SSSR count). The fourth-order valence-electron chi connectivity index (χ4n) is 3.48. The Bertz CT molecular complexity index is 626. The smallest absolute Gasteiger partial charge is 0.321 e. The van der Waals surface area contributed by atoms with Crippen LogP contribution < -0.4 is 10.6 Å². The molecule has 0 radical (unpaired) electrons. The largest absolute Gasteiger partial charge is 0.376 e. The number of carbonyl (C=O) groups excluding carboxylic acids is 2.